The van der Waals surface area contributed by atoms with Gasteiger partial charge in [0.2, 0.25) is 5.91 Å². The number of ether oxygens (including phenoxy) is 1. The van der Waals surface area contributed by atoms with Gasteiger partial charge >= 0.3 is 0 Å². The van der Waals surface area contributed by atoms with Crippen molar-refractivity contribution >= 4 is 5.91 Å². The second-order valence-electron chi connectivity index (χ2n) is 6.74. The molecule has 0 aliphatic carbocycles. The summed E-state index contributed by atoms with van der Waals surface area (Å²) in [6.07, 6.45) is 5.68. The molecule has 1 amide bonds. The fourth-order valence-electron chi connectivity index (χ4n) is 3.72. The van der Waals surface area contributed by atoms with Crippen LogP contribution in [-0.4, -0.2) is 30.5 Å². The number of aryl methyl sites for hydroxylation is 1. The molecule has 1 saturated heterocycles. The van der Waals surface area contributed by atoms with Crippen LogP contribution in [0.3, 0.4) is 0 Å². The summed E-state index contributed by atoms with van der Waals surface area (Å²) in [5.74, 6) is 1.14. The Morgan fingerprint density at radius 1 is 1.08 bits per heavy atom. The van der Waals surface area contributed by atoms with E-state index in [4.69, 9.17) is 4.74 Å². The summed E-state index contributed by atoms with van der Waals surface area (Å²) in [7, 11) is 1.68. The quantitative estimate of drug-likeness (QED) is 0.788. The second-order valence-corrected chi connectivity index (χ2v) is 6.74. The third-order valence-corrected chi connectivity index (χ3v) is 5.06. The predicted molar refractivity (Wildman–Crippen MR) is 101 cm³/mol. The van der Waals surface area contributed by atoms with Gasteiger partial charge in [-0.1, -0.05) is 48.5 Å². The topological polar surface area (TPSA) is 29.5 Å². The molecule has 0 bridgehead atoms. The Kier molecular flexibility index (Phi) is 6.10. The number of methoxy groups -OCH3 is 1. The number of rotatable bonds is 6. The van der Waals surface area contributed by atoms with Crippen molar-refractivity contribution in [2.45, 2.75) is 44.6 Å². The summed E-state index contributed by atoms with van der Waals surface area (Å²) in [6, 6.07) is 18.8. The first-order valence-corrected chi connectivity index (χ1v) is 9.23. The van der Waals surface area contributed by atoms with E-state index in [0.29, 0.717) is 12.5 Å². The van der Waals surface area contributed by atoms with Gasteiger partial charge in [-0.25, -0.2) is 0 Å². The van der Waals surface area contributed by atoms with Crippen LogP contribution in [0.1, 0.15) is 36.8 Å². The monoisotopic (exact) mass is 337 g/mol. The fourth-order valence-corrected chi connectivity index (χ4v) is 3.72. The lowest BCUT2D eigenvalue weighted by Gasteiger charge is -2.36. The first kappa shape index (κ1) is 17.5. The van der Waals surface area contributed by atoms with Crippen molar-refractivity contribution in [3.63, 3.8) is 0 Å². The van der Waals surface area contributed by atoms with Gasteiger partial charge in [0.05, 0.1) is 7.11 Å². The molecule has 2 aromatic rings. The summed E-state index contributed by atoms with van der Waals surface area (Å²) >= 11 is 0. The van der Waals surface area contributed by atoms with Crippen LogP contribution in [-0.2, 0) is 17.6 Å². The van der Waals surface area contributed by atoms with Crippen molar-refractivity contribution < 1.29 is 9.53 Å². The van der Waals surface area contributed by atoms with E-state index in [-0.39, 0.29) is 5.91 Å². The highest BCUT2D eigenvalue weighted by atomic mass is 16.5. The number of carbonyl (C=O) groups excluding carboxylic acids is 1. The Morgan fingerprint density at radius 2 is 1.84 bits per heavy atom. The van der Waals surface area contributed by atoms with Crippen LogP contribution in [0.15, 0.2) is 54.6 Å². The van der Waals surface area contributed by atoms with Crippen molar-refractivity contribution in [3.8, 4) is 5.75 Å². The zero-order chi connectivity index (χ0) is 17.5. The second kappa shape index (κ2) is 8.70. The summed E-state index contributed by atoms with van der Waals surface area (Å²) in [4.78, 5) is 15.0. The average Bonchev–Trinajstić information content (AvgIpc) is 2.67. The molecule has 2 aromatic carbocycles. The standard InChI is InChI=1S/C22H27NO2/c1-25-21-13-6-5-11-19(21)14-15-22(24)23-16-8-7-12-20(23)17-18-9-3-2-4-10-18/h2-6,9-11,13,20H,7-8,12,14-17H2,1H3/t20-/m1/s1. The lowest BCUT2D eigenvalue weighted by Crippen LogP contribution is -2.45. The predicted octanol–water partition coefficient (Wildman–Crippen LogP) is 4.25. The summed E-state index contributed by atoms with van der Waals surface area (Å²) in [5, 5.41) is 0. The van der Waals surface area contributed by atoms with Crippen molar-refractivity contribution in [3.05, 3.63) is 65.7 Å². The normalized spacial score (nSPS) is 17.3. The van der Waals surface area contributed by atoms with E-state index >= 15 is 0 Å². The molecule has 0 saturated carbocycles. The zero-order valence-electron chi connectivity index (χ0n) is 15.0. The molecule has 1 fully saturated rings. The first-order valence-electron chi connectivity index (χ1n) is 9.23. The maximum Gasteiger partial charge on any atom is 0.223 e. The molecule has 1 aliphatic rings. The molecule has 1 aliphatic heterocycles. The van der Waals surface area contributed by atoms with Gasteiger partial charge in [-0.2, -0.15) is 0 Å². The van der Waals surface area contributed by atoms with E-state index in [2.05, 4.69) is 29.2 Å². The lowest BCUT2D eigenvalue weighted by atomic mass is 9.95. The van der Waals surface area contributed by atoms with Gasteiger partial charge in [0.15, 0.2) is 0 Å². The number of hydrogen-bond donors (Lipinski definition) is 0. The summed E-state index contributed by atoms with van der Waals surface area (Å²) in [6.45, 7) is 0.891. The van der Waals surface area contributed by atoms with Crippen molar-refractivity contribution in [2.75, 3.05) is 13.7 Å². The molecule has 25 heavy (non-hydrogen) atoms. The number of amides is 1. The van der Waals surface area contributed by atoms with Gasteiger partial charge in [-0.15, -0.1) is 0 Å². The highest BCUT2D eigenvalue weighted by molar-refractivity contribution is 5.77. The van der Waals surface area contributed by atoms with Gasteiger partial charge in [0, 0.05) is 19.0 Å². The van der Waals surface area contributed by atoms with Crippen LogP contribution in [0.5, 0.6) is 5.75 Å². The van der Waals surface area contributed by atoms with Gasteiger partial charge in [-0.3, -0.25) is 4.79 Å². The summed E-state index contributed by atoms with van der Waals surface area (Å²) < 4.78 is 5.40. The maximum absolute atomic E-state index is 12.9. The molecule has 132 valence electrons. The van der Waals surface area contributed by atoms with Crippen molar-refractivity contribution in [2.24, 2.45) is 0 Å². The molecule has 3 nitrogen and oxygen atoms in total. The molecule has 1 heterocycles. The molecule has 0 radical (unpaired) electrons. The molecular formula is C22H27NO2. The highest BCUT2D eigenvalue weighted by Gasteiger charge is 2.26. The van der Waals surface area contributed by atoms with Crippen LogP contribution in [0.4, 0.5) is 0 Å². The Labute approximate surface area is 150 Å². The molecular weight excluding hydrogens is 310 g/mol. The van der Waals surface area contributed by atoms with E-state index in [0.717, 1.165) is 43.5 Å². The minimum absolute atomic E-state index is 0.270. The number of piperidine rings is 1. The number of carbonyl (C=O) groups is 1. The van der Waals surface area contributed by atoms with Crippen molar-refractivity contribution in [1.29, 1.82) is 0 Å². The van der Waals surface area contributed by atoms with Gasteiger partial charge in [0.25, 0.3) is 0 Å². The van der Waals surface area contributed by atoms with Crippen LogP contribution in [0.2, 0.25) is 0 Å². The number of benzene rings is 2. The molecule has 0 spiro atoms. The minimum Gasteiger partial charge on any atom is -0.496 e. The van der Waals surface area contributed by atoms with Gasteiger partial charge in [0.1, 0.15) is 5.75 Å². The zero-order valence-corrected chi connectivity index (χ0v) is 15.0. The van der Waals surface area contributed by atoms with Crippen LogP contribution in [0, 0.1) is 0 Å². The van der Waals surface area contributed by atoms with Crippen molar-refractivity contribution in [1.82, 2.24) is 4.90 Å². The fraction of sp³-hybridized carbons (Fsp3) is 0.409. The maximum atomic E-state index is 12.9. The number of hydrogen-bond acceptors (Lipinski definition) is 2. The number of nitrogens with zero attached hydrogens (tertiary/aromatic N) is 1. The molecule has 0 N–H and O–H groups in total. The third-order valence-electron chi connectivity index (χ3n) is 5.06. The first-order chi connectivity index (χ1) is 12.3. The number of likely N-dealkylation sites (tertiary alicyclic amines) is 1. The Bertz CT molecular complexity index is 683. The Hall–Kier alpha value is -2.29. The van der Waals surface area contributed by atoms with Crippen LogP contribution >= 0.6 is 0 Å². The SMILES string of the molecule is COc1ccccc1CCC(=O)N1CCCC[C@@H]1Cc1ccccc1. The average molecular weight is 337 g/mol. The molecule has 3 heteroatoms. The summed E-state index contributed by atoms with van der Waals surface area (Å²) in [5.41, 5.74) is 2.42. The van der Waals surface area contributed by atoms with E-state index in [1.807, 2.05) is 30.3 Å². The minimum atomic E-state index is 0.270. The number of para-hydroxylation sites is 1. The molecule has 3 rings (SSSR count). The largest absolute Gasteiger partial charge is 0.496 e. The Morgan fingerprint density at radius 3 is 2.64 bits per heavy atom. The molecule has 0 unspecified atom stereocenters. The lowest BCUT2D eigenvalue weighted by molar-refractivity contribution is -0.134. The third kappa shape index (κ3) is 4.62. The van der Waals surface area contributed by atoms with E-state index in [1.54, 1.807) is 7.11 Å². The Balaban J connectivity index is 1.62. The van der Waals surface area contributed by atoms with E-state index in [9.17, 15) is 4.79 Å². The smallest absolute Gasteiger partial charge is 0.223 e. The van der Waals surface area contributed by atoms with E-state index in [1.165, 1.54) is 12.0 Å². The van der Waals surface area contributed by atoms with E-state index < -0.39 is 0 Å². The molecule has 0 aromatic heterocycles. The molecule has 1 atom stereocenters. The van der Waals surface area contributed by atoms with Gasteiger partial charge in [-0.05, 0) is 49.3 Å². The highest BCUT2D eigenvalue weighted by Crippen LogP contribution is 2.23. The van der Waals surface area contributed by atoms with Crippen LogP contribution in [0.25, 0.3) is 0 Å². The van der Waals surface area contributed by atoms with Gasteiger partial charge < -0.3 is 9.64 Å². The van der Waals surface area contributed by atoms with Crippen LogP contribution < -0.4 is 4.74 Å².